The first kappa shape index (κ1) is 23.6. The van der Waals surface area contributed by atoms with Gasteiger partial charge < -0.3 is 15.1 Å². The van der Waals surface area contributed by atoms with E-state index in [0.29, 0.717) is 44.5 Å². The summed E-state index contributed by atoms with van der Waals surface area (Å²) in [5.41, 5.74) is -0.870. The minimum atomic E-state index is -4.68. The molecule has 2 amide bonds. The lowest BCUT2D eigenvalue weighted by atomic mass is 9.76. The SMILES string of the molecule is CNC(=O)C1CC2(CCN(C(=O)c3ccccc3)CC2)CN1c1ccc(C#N)c(C(F)(F)F)c1. The van der Waals surface area contributed by atoms with Crippen molar-refractivity contribution in [2.45, 2.75) is 31.5 Å². The van der Waals surface area contributed by atoms with Crippen molar-refractivity contribution in [1.29, 1.82) is 5.26 Å². The molecular weight excluding hydrogens is 445 g/mol. The maximum Gasteiger partial charge on any atom is 0.417 e. The Balaban J connectivity index is 1.57. The number of benzene rings is 2. The van der Waals surface area contributed by atoms with Crippen molar-refractivity contribution in [1.82, 2.24) is 10.2 Å². The van der Waals surface area contributed by atoms with Gasteiger partial charge in [-0.1, -0.05) is 18.2 Å². The molecule has 6 nitrogen and oxygen atoms in total. The molecule has 178 valence electrons. The lowest BCUT2D eigenvalue weighted by Gasteiger charge is -2.39. The molecule has 0 aromatic heterocycles. The first-order valence-corrected chi connectivity index (χ1v) is 11.1. The Morgan fingerprint density at radius 1 is 1.12 bits per heavy atom. The fourth-order valence-electron chi connectivity index (χ4n) is 5.08. The number of hydrogen-bond acceptors (Lipinski definition) is 4. The topological polar surface area (TPSA) is 76.4 Å². The van der Waals surface area contributed by atoms with Crippen LogP contribution in [0.5, 0.6) is 0 Å². The highest BCUT2D eigenvalue weighted by atomic mass is 19.4. The molecule has 2 aliphatic heterocycles. The lowest BCUT2D eigenvalue weighted by Crippen LogP contribution is -2.44. The zero-order valence-electron chi connectivity index (χ0n) is 18.7. The maximum absolute atomic E-state index is 13.5. The van der Waals surface area contributed by atoms with E-state index in [1.54, 1.807) is 28.0 Å². The Labute approximate surface area is 196 Å². The number of nitrogens with one attached hydrogen (secondary N) is 1. The zero-order valence-corrected chi connectivity index (χ0v) is 18.7. The molecule has 4 rings (SSSR count). The molecule has 2 aromatic rings. The third-order valence-electron chi connectivity index (χ3n) is 6.95. The van der Waals surface area contributed by atoms with Gasteiger partial charge in [0, 0.05) is 37.9 Å². The number of hydrogen-bond donors (Lipinski definition) is 1. The van der Waals surface area contributed by atoms with Crippen LogP contribution in [0.1, 0.15) is 40.7 Å². The Morgan fingerprint density at radius 2 is 1.79 bits per heavy atom. The molecule has 2 aliphatic rings. The van der Waals surface area contributed by atoms with E-state index in [-0.39, 0.29) is 22.9 Å². The van der Waals surface area contributed by atoms with Crippen LogP contribution in [0.25, 0.3) is 0 Å². The summed E-state index contributed by atoms with van der Waals surface area (Å²) < 4.78 is 40.6. The van der Waals surface area contributed by atoms with Gasteiger partial charge >= 0.3 is 6.18 Å². The van der Waals surface area contributed by atoms with Crippen LogP contribution in [-0.2, 0) is 11.0 Å². The predicted octanol–water partition coefficient (Wildman–Crippen LogP) is 3.82. The third kappa shape index (κ3) is 4.45. The zero-order chi connectivity index (χ0) is 24.5. The average Bonchev–Trinajstić information content (AvgIpc) is 3.22. The second-order valence-electron chi connectivity index (χ2n) is 8.96. The number of piperidine rings is 1. The standard InChI is InChI=1S/C25H25F3N4O2/c1-30-22(33)21-14-24(9-11-31(12-10-24)23(34)17-5-3-2-4-6-17)16-32(21)19-8-7-18(15-29)20(13-19)25(26,27)28/h2-8,13,21H,9-12,14,16H2,1H3,(H,30,33). The number of likely N-dealkylation sites (tertiary alicyclic amines) is 1. The quantitative estimate of drug-likeness (QED) is 0.740. The summed E-state index contributed by atoms with van der Waals surface area (Å²) in [5.74, 6) is -0.312. The van der Waals surface area contributed by atoms with Gasteiger partial charge in [-0.25, -0.2) is 0 Å². The Bertz CT molecular complexity index is 1120. The molecular formula is C25H25F3N4O2. The molecule has 2 fully saturated rings. The van der Waals surface area contributed by atoms with Gasteiger partial charge in [-0.3, -0.25) is 9.59 Å². The van der Waals surface area contributed by atoms with Crippen LogP contribution < -0.4 is 10.2 Å². The number of carbonyl (C=O) groups is 2. The van der Waals surface area contributed by atoms with E-state index < -0.39 is 23.3 Å². The number of carbonyl (C=O) groups excluding carboxylic acids is 2. The smallest absolute Gasteiger partial charge is 0.359 e. The highest BCUT2D eigenvalue weighted by Crippen LogP contribution is 2.46. The Morgan fingerprint density at radius 3 is 2.38 bits per heavy atom. The van der Waals surface area contributed by atoms with Crippen LogP contribution in [0.2, 0.25) is 0 Å². The summed E-state index contributed by atoms with van der Waals surface area (Å²) in [5, 5.41) is 11.7. The first-order valence-electron chi connectivity index (χ1n) is 11.1. The fourth-order valence-corrected chi connectivity index (χ4v) is 5.08. The molecule has 2 heterocycles. The second kappa shape index (κ2) is 9.01. The summed E-state index contributed by atoms with van der Waals surface area (Å²) in [6.45, 7) is 1.44. The number of halogens is 3. The van der Waals surface area contributed by atoms with Gasteiger partial charge in [-0.15, -0.1) is 0 Å². The van der Waals surface area contributed by atoms with Crippen molar-refractivity contribution in [2.75, 3.05) is 31.6 Å². The van der Waals surface area contributed by atoms with E-state index in [4.69, 9.17) is 5.26 Å². The van der Waals surface area contributed by atoms with Crippen LogP contribution in [0.3, 0.4) is 0 Å². The summed E-state index contributed by atoms with van der Waals surface area (Å²) in [7, 11) is 1.51. The molecule has 1 N–H and O–H groups in total. The minimum absolute atomic E-state index is 0.0462. The van der Waals surface area contributed by atoms with Crippen LogP contribution in [0.4, 0.5) is 18.9 Å². The molecule has 1 unspecified atom stereocenters. The molecule has 34 heavy (non-hydrogen) atoms. The average molecular weight is 470 g/mol. The number of nitrogens with zero attached hydrogens (tertiary/aromatic N) is 3. The molecule has 1 spiro atoms. The van der Waals surface area contributed by atoms with Crippen molar-refractivity contribution in [2.24, 2.45) is 5.41 Å². The summed E-state index contributed by atoms with van der Waals surface area (Å²) in [6.07, 6.45) is -2.89. The van der Waals surface area contributed by atoms with Crippen molar-refractivity contribution in [3.8, 4) is 6.07 Å². The second-order valence-corrected chi connectivity index (χ2v) is 8.96. The number of nitriles is 1. The van der Waals surface area contributed by atoms with Gasteiger partial charge in [0.1, 0.15) is 6.04 Å². The van der Waals surface area contributed by atoms with E-state index in [9.17, 15) is 22.8 Å². The van der Waals surface area contributed by atoms with Crippen molar-refractivity contribution < 1.29 is 22.8 Å². The first-order chi connectivity index (χ1) is 16.2. The highest BCUT2D eigenvalue weighted by molar-refractivity contribution is 5.94. The molecule has 0 bridgehead atoms. The summed E-state index contributed by atoms with van der Waals surface area (Å²) in [6, 6.07) is 13.6. The fraction of sp³-hybridized carbons (Fsp3) is 0.400. The van der Waals surface area contributed by atoms with E-state index in [2.05, 4.69) is 5.32 Å². The van der Waals surface area contributed by atoms with Crippen LogP contribution in [0, 0.1) is 16.7 Å². The van der Waals surface area contributed by atoms with Crippen molar-refractivity contribution >= 4 is 17.5 Å². The largest absolute Gasteiger partial charge is 0.417 e. The minimum Gasteiger partial charge on any atom is -0.359 e. The van der Waals surface area contributed by atoms with Gasteiger partial charge in [0.15, 0.2) is 0 Å². The van der Waals surface area contributed by atoms with Gasteiger partial charge in [0.2, 0.25) is 5.91 Å². The van der Waals surface area contributed by atoms with Gasteiger partial charge in [0.05, 0.1) is 17.2 Å². The third-order valence-corrected chi connectivity index (χ3v) is 6.95. The van der Waals surface area contributed by atoms with E-state index >= 15 is 0 Å². The number of amides is 2. The molecule has 0 aliphatic carbocycles. The van der Waals surface area contributed by atoms with E-state index in [0.717, 1.165) is 12.1 Å². The number of rotatable bonds is 3. The monoisotopic (exact) mass is 470 g/mol. The Kier molecular flexibility index (Phi) is 6.26. The van der Waals surface area contributed by atoms with Crippen LogP contribution in [-0.4, -0.2) is 49.4 Å². The molecule has 0 saturated carbocycles. The van der Waals surface area contributed by atoms with Crippen molar-refractivity contribution in [3.63, 3.8) is 0 Å². The van der Waals surface area contributed by atoms with Crippen LogP contribution >= 0.6 is 0 Å². The molecule has 9 heteroatoms. The normalized spacial score (nSPS) is 19.7. The Hall–Kier alpha value is -3.54. The molecule has 0 radical (unpaired) electrons. The van der Waals surface area contributed by atoms with Crippen LogP contribution in [0.15, 0.2) is 48.5 Å². The van der Waals surface area contributed by atoms with Gasteiger partial charge in [-0.05, 0) is 55.0 Å². The van der Waals surface area contributed by atoms with Gasteiger partial charge in [-0.2, -0.15) is 18.4 Å². The number of anilines is 1. The molecule has 2 saturated heterocycles. The highest BCUT2D eigenvalue weighted by Gasteiger charge is 2.49. The maximum atomic E-state index is 13.5. The predicted molar refractivity (Wildman–Crippen MR) is 120 cm³/mol. The summed E-state index contributed by atoms with van der Waals surface area (Å²) >= 11 is 0. The van der Waals surface area contributed by atoms with E-state index in [1.165, 1.54) is 13.1 Å². The lowest BCUT2D eigenvalue weighted by molar-refractivity contribution is -0.137. The van der Waals surface area contributed by atoms with Gasteiger partial charge in [0.25, 0.3) is 5.91 Å². The van der Waals surface area contributed by atoms with Crippen molar-refractivity contribution in [3.05, 3.63) is 65.2 Å². The number of likely N-dealkylation sites (N-methyl/N-ethyl adjacent to an activating group) is 1. The molecule has 1 atom stereocenters. The summed E-state index contributed by atoms with van der Waals surface area (Å²) in [4.78, 5) is 29.0. The number of alkyl halides is 3. The van der Waals surface area contributed by atoms with E-state index in [1.807, 2.05) is 18.2 Å². The molecule has 2 aromatic carbocycles.